The number of methoxy groups -OCH3 is 1. The third kappa shape index (κ3) is 5.54. The van der Waals surface area contributed by atoms with Crippen LogP contribution in [-0.4, -0.2) is 66.9 Å². The van der Waals surface area contributed by atoms with Gasteiger partial charge in [-0.2, -0.15) is 0 Å². The van der Waals surface area contributed by atoms with Crippen LogP contribution in [0.1, 0.15) is 29.8 Å². The Hall–Kier alpha value is -4.44. The van der Waals surface area contributed by atoms with Crippen molar-refractivity contribution < 1.29 is 23.4 Å². The molecule has 8 nitrogen and oxygen atoms in total. The number of ether oxygens (including phenoxy) is 1. The maximum absolute atomic E-state index is 15.8. The summed E-state index contributed by atoms with van der Waals surface area (Å²) >= 11 is 0. The Morgan fingerprint density at radius 1 is 0.929 bits per heavy atom. The fourth-order valence-electron chi connectivity index (χ4n) is 5.57. The van der Waals surface area contributed by atoms with Gasteiger partial charge >= 0.3 is 5.97 Å². The first-order valence-electron chi connectivity index (χ1n) is 14.0. The lowest BCUT2D eigenvalue weighted by atomic mass is 10.1. The molecule has 2 heterocycles. The van der Waals surface area contributed by atoms with Crippen LogP contribution in [0.3, 0.4) is 0 Å². The number of halogens is 2. The SMILES string of the molecule is CCN(CC)Cc1ccc(-n2cc(C(=O)O)c(=O)c3cc(F)c(N4CCN(c5ccc(F)cc5)CC4)c(OC)c32)cc1. The van der Waals surface area contributed by atoms with Crippen LogP contribution in [0, 0.1) is 11.6 Å². The number of aromatic nitrogens is 1. The first-order chi connectivity index (χ1) is 20.2. The second-order valence-electron chi connectivity index (χ2n) is 10.3. The van der Waals surface area contributed by atoms with Crippen LogP contribution in [0.5, 0.6) is 5.75 Å². The summed E-state index contributed by atoms with van der Waals surface area (Å²) in [6.45, 7) is 8.81. The Kier molecular flexibility index (Phi) is 8.44. The lowest BCUT2D eigenvalue weighted by Crippen LogP contribution is -2.47. The lowest BCUT2D eigenvalue weighted by Gasteiger charge is -2.38. The molecule has 5 rings (SSSR count). The van der Waals surface area contributed by atoms with Gasteiger partial charge in [-0.25, -0.2) is 13.6 Å². The van der Waals surface area contributed by atoms with Gasteiger partial charge < -0.3 is 24.2 Å². The summed E-state index contributed by atoms with van der Waals surface area (Å²) in [6.07, 6.45) is 1.28. The van der Waals surface area contributed by atoms with Crippen molar-refractivity contribution in [3.8, 4) is 11.4 Å². The van der Waals surface area contributed by atoms with E-state index in [1.54, 1.807) is 16.7 Å². The van der Waals surface area contributed by atoms with Crippen LogP contribution in [0.25, 0.3) is 16.6 Å². The molecule has 1 fully saturated rings. The van der Waals surface area contributed by atoms with Gasteiger partial charge in [0.05, 0.1) is 12.5 Å². The van der Waals surface area contributed by atoms with E-state index in [0.29, 0.717) is 37.4 Å². The number of pyridine rings is 1. The molecule has 1 aliphatic heterocycles. The van der Waals surface area contributed by atoms with Crippen molar-refractivity contribution in [1.29, 1.82) is 0 Å². The van der Waals surface area contributed by atoms with Crippen LogP contribution >= 0.6 is 0 Å². The number of carboxylic acid groups (broad SMARTS) is 1. The Morgan fingerprint density at radius 2 is 1.52 bits per heavy atom. The fraction of sp³-hybridized carbons (Fsp3) is 0.312. The number of carboxylic acids is 1. The summed E-state index contributed by atoms with van der Waals surface area (Å²) in [7, 11) is 1.42. The van der Waals surface area contributed by atoms with E-state index in [0.717, 1.165) is 37.0 Å². The topological polar surface area (TPSA) is 78.2 Å². The van der Waals surface area contributed by atoms with Crippen molar-refractivity contribution in [3.05, 3.63) is 93.8 Å². The van der Waals surface area contributed by atoms with E-state index in [4.69, 9.17) is 4.74 Å². The van der Waals surface area contributed by atoms with Crippen molar-refractivity contribution in [2.45, 2.75) is 20.4 Å². The molecule has 1 N–H and O–H groups in total. The normalized spacial score (nSPS) is 13.7. The number of carbonyl (C=O) groups is 1. The predicted octanol–water partition coefficient (Wildman–Crippen LogP) is 5.14. The molecule has 0 aliphatic carbocycles. The highest BCUT2D eigenvalue weighted by molar-refractivity contribution is 5.97. The number of nitrogens with zero attached hydrogens (tertiary/aromatic N) is 4. The highest BCUT2D eigenvalue weighted by Crippen LogP contribution is 2.39. The smallest absolute Gasteiger partial charge is 0.341 e. The molecule has 1 aliphatic rings. The molecule has 0 unspecified atom stereocenters. The first kappa shape index (κ1) is 29.1. The quantitative estimate of drug-likeness (QED) is 0.296. The molecular formula is C32H34F2N4O4. The van der Waals surface area contributed by atoms with E-state index >= 15 is 4.39 Å². The van der Waals surface area contributed by atoms with Crippen LogP contribution in [-0.2, 0) is 6.54 Å². The third-order valence-electron chi connectivity index (χ3n) is 7.91. The molecule has 0 bridgehead atoms. The number of aromatic carboxylic acids is 1. The van der Waals surface area contributed by atoms with E-state index < -0.39 is 22.8 Å². The summed E-state index contributed by atoms with van der Waals surface area (Å²) in [4.78, 5) is 31.5. The zero-order valence-electron chi connectivity index (χ0n) is 23.9. The maximum Gasteiger partial charge on any atom is 0.341 e. The monoisotopic (exact) mass is 576 g/mol. The van der Waals surface area contributed by atoms with Gasteiger partial charge in [-0.15, -0.1) is 0 Å². The molecule has 42 heavy (non-hydrogen) atoms. The molecule has 0 atom stereocenters. The highest BCUT2D eigenvalue weighted by atomic mass is 19.1. The second kappa shape index (κ2) is 12.2. The van der Waals surface area contributed by atoms with Crippen LogP contribution < -0.4 is 20.0 Å². The average Bonchev–Trinajstić information content (AvgIpc) is 3.00. The minimum atomic E-state index is -1.39. The van der Waals surface area contributed by atoms with Gasteiger partial charge in [0.1, 0.15) is 22.6 Å². The zero-order valence-corrected chi connectivity index (χ0v) is 23.9. The number of benzene rings is 3. The highest BCUT2D eigenvalue weighted by Gasteiger charge is 2.28. The van der Waals surface area contributed by atoms with E-state index in [1.165, 1.54) is 25.4 Å². The molecular weight excluding hydrogens is 542 g/mol. The summed E-state index contributed by atoms with van der Waals surface area (Å²) in [5.74, 6) is -2.22. The summed E-state index contributed by atoms with van der Waals surface area (Å²) in [5.41, 5.74) is 1.83. The van der Waals surface area contributed by atoms with Gasteiger partial charge in [-0.1, -0.05) is 26.0 Å². The van der Waals surface area contributed by atoms with Crippen molar-refractivity contribution in [1.82, 2.24) is 9.47 Å². The summed E-state index contributed by atoms with van der Waals surface area (Å²) in [5, 5.41) is 9.73. The number of anilines is 2. The lowest BCUT2D eigenvalue weighted by molar-refractivity contribution is 0.0695. The second-order valence-corrected chi connectivity index (χ2v) is 10.3. The summed E-state index contributed by atoms with van der Waals surface area (Å²) < 4.78 is 36.6. The molecule has 10 heteroatoms. The van der Waals surface area contributed by atoms with Gasteiger partial charge in [-0.05, 0) is 61.1 Å². The molecule has 0 amide bonds. The van der Waals surface area contributed by atoms with Gasteiger partial charge in [0.15, 0.2) is 11.6 Å². The first-order valence-corrected chi connectivity index (χ1v) is 14.0. The molecule has 1 aromatic heterocycles. The standard InChI is InChI=1S/C32H34F2N4O4/c1-4-35(5-2)19-21-6-10-24(11-7-21)38-20-26(32(40)41)30(39)25-18-27(34)29(31(42-3)28(25)38)37-16-14-36(15-17-37)23-12-8-22(33)9-13-23/h6-13,18,20H,4-5,14-17,19H2,1-3H3,(H,40,41). The maximum atomic E-state index is 15.8. The molecule has 0 spiro atoms. The fourth-order valence-corrected chi connectivity index (χ4v) is 5.57. The molecule has 0 radical (unpaired) electrons. The average molecular weight is 577 g/mol. The molecule has 4 aromatic rings. The Balaban J connectivity index is 1.59. The number of hydrogen-bond donors (Lipinski definition) is 1. The number of piperazine rings is 1. The number of rotatable bonds is 9. The van der Waals surface area contributed by atoms with Crippen LogP contribution in [0.4, 0.5) is 20.2 Å². The molecule has 0 saturated carbocycles. The molecule has 220 valence electrons. The third-order valence-corrected chi connectivity index (χ3v) is 7.91. The van der Waals surface area contributed by atoms with Crippen LogP contribution in [0.15, 0.2) is 65.6 Å². The van der Waals surface area contributed by atoms with Gasteiger partial charge in [0.25, 0.3) is 0 Å². The Bertz CT molecular complexity index is 1640. The predicted molar refractivity (Wildman–Crippen MR) is 160 cm³/mol. The minimum Gasteiger partial charge on any atom is -0.492 e. The van der Waals surface area contributed by atoms with Crippen molar-refractivity contribution in [2.24, 2.45) is 0 Å². The molecule has 1 saturated heterocycles. The van der Waals surface area contributed by atoms with E-state index in [2.05, 4.69) is 23.6 Å². The Morgan fingerprint density at radius 3 is 2.10 bits per heavy atom. The van der Waals surface area contributed by atoms with Gasteiger partial charge in [0.2, 0.25) is 5.43 Å². The van der Waals surface area contributed by atoms with Crippen molar-refractivity contribution >= 4 is 28.2 Å². The van der Waals surface area contributed by atoms with E-state index in [-0.39, 0.29) is 22.6 Å². The van der Waals surface area contributed by atoms with E-state index in [9.17, 15) is 19.1 Å². The molecule has 3 aromatic carbocycles. The zero-order chi connectivity index (χ0) is 30.0. The van der Waals surface area contributed by atoms with Crippen molar-refractivity contribution in [3.63, 3.8) is 0 Å². The largest absolute Gasteiger partial charge is 0.492 e. The van der Waals surface area contributed by atoms with Gasteiger partial charge in [-0.3, -0.25) is 9.69 Å². The Labute approximate surface area is 243 Å². The number of hydrogen-bond acceptors (Lipinski definition) is 6. The summed E-state index contributed by atoms with van der Waals surface area (Å²) in [6, 6.07) is 15.0. The minimum absolute atomic E-state index is 0.0786. The van der Waals surface area contributed by atoms with E-state index in [1.807, 2.05) is 29.2 Å². The van der Waals surface area contributed by atoms with Crippen molar-refractivity contribution in [2.75, 3.05) is 56.2 Å². The van der Waals surface area contributed by atoms with Crippen LogP contribution in [0.2, 0.25) is 0 Å². The number of fused-ring (bicyclic) bond motifs is 1. The van der Waals surface area contributed by atoms with Gasteiger partial charge in [0, 0.05) is 50.3 Å².